The van der Waals surface area contributed by atoms with E-state index >= 15 is 0 Å². The molecule has 0 aliphatic carbocycles. The van der Waals surface area contributed by atoms with Crippen LogP contribution in [0.3, 0.4) is 0 Å². The lowest BCUT2D eigenvalue weighted by atomic mass is 10.1. The van der Waals surface area contributed by atoms with E-state index in [1.54, 1.807) is 13.0 Å². The van der Waals surface area contributed by atoms with Gasteiger partial charge in [0.1, 0.15) is 5.56 Å². The van der Waals surface area contributed by atoms with Gasteiger partial charge in [0.25, 0.3) is 11.6 Å². The van der Waals surface area contributed by atoms with Crippen LogP contribution in [0.1, 0.15) is 23.7 Å². The number of nitro groups is 1. The van der Waals surface area contributed by atoms with Crippen molar-refractivity contribution in [2.75, 3.05) is 5.88 Å². The molecule has 5 nitrogen and oxygen atoms in total. The van der Waals surface area contributed by atoms with Gasteiger partial charge in [-0.15, -0.1) is 11.6 Å². The Labute approximate surface area is 104 Å². The normalized spacial score (nSPS) is 11.9. The lowest BCUT2D eigenvalue weighted by Crippen LogP contribution is -2.33. The first-order valence-electron chi connectivity index (χ1n) is 5.16. The van der Waals surface area contributed by atoms with E-state index in [9.17, 15) is 14.9 Å². The minimum Gasteiger partial charge on any atom is -0.349 e. The van der Waals surface area contributed by atoms with Gasteiger partial charge >= 0.3 is 0 Å². The van der Waals surface area contributed by atoms with Gasteiger partial charge in [0.05, 0.1) is 4.92 Å². The molecule has 0 radical (unpaired) electrons. The second kappa shape index (κ2) is 6.20. The lowest BCUT2D eigenvalue weighted by molar-refractivity contribution is -0.385. The molecule has 1 amide bonds. The molecule has 1 atom stereocenters. The number of benzene rings is 1. The maximum absolute atomic E-state index is 11.8. The highest BCUT2D eigenvalue weighted by molar-refractivity contribution is 6.17. The summed E-state index contributed by atoms with van der Waals surface area (Å²) in [5.41, 5.74) is -0.123. The van der Waals surface area contributed by atoms with Crippen LogP contribution in [0.25, 0.3) is 0 Å². The minimum atomic E-state index is -0.568. The minimum absolute atomic E-state index is 0.0684. The van der Waals surface area contributed by atoms with Crippen LogP contribution >= 0.6 is 11.6 Å². The number of halogens is 1. The Kier molecular flexibility index (Phi) is 4.90. The summed E-state index contributed by atoms with van der Waals surface area (Å²) < 4.78 is 0. The first-order chi connectivity index (χ1) is 8.06. The second-order valence-electron chi connectivity index (χ2n) is 3.63. The van der Waals surface area contributed by atoms with Gasteiger partial charge in [-0.2, -0.15) is 0 Å². The van der Waals surface area contributed by atoms with Crippen molar-refractivity contribution in [3.8, 4) is 0 Å². The summed E-state index contributed by atoms with van der Waals surface area (Å²) >= 11 is 5.55. The van der Waals surface area contributed by atoms with Crippen LogP contribution in [0.15, 0.2) is 24.3 Å². The fourth-order valence-electron chi connectivity index (χ4n) is 1.36. The quantitative estimate of drug-likeness (QED) is 0.499. The molecule has 0 heterocycles. The monoisotopic (exact) mass is 256 g/mol. The number of hydrogen-bond acceptors (Lipinski definition) is 3. The second-order valence-corrected chi connectivity index (χ2v) is 4.00. The molecule has 1 rings (SSSR count). The Morgan fingerprint density at radius 3 is 2.76 bits per heavy atom. The van der Waals surface area contributed by atoms with E-state index in [0.717, 1.165) is 0 Å². The van der Waals surface area contributed by atoms with E-state index in [1.165, 1.54) is 18.2 Å². The SMILES string of the molecule is CC(CCCl)NC(=O)c1ccccc1[N+](=O)[O-]. The summed E-state index contributed by atoms with van der Waals surface area (Å²) in [6, 6.07) is 5.74. The highest BCUT2D eigenvalue weighted by Crippen LogP contribution is 2.17. The van der Waals surface area contributed by atoms with E-state index in [0.29, 0.717) is 12.3 Å². The molecule has 1 unspecified atom stereocenters. The van der Waals surface area contributed by atoms with E-state index < -0.39 is 10.8 Å². The maximum atomic E-state index is 11.8. The average molecular weight is 257 g/mol. The van der Waals surface area contributed by atoms with Gasteiger partial charge in [-0.1, -0.05) is 12.1 Å². The number of carbonyl (C=O) groups excluding carboxylic acids is 1. The maximum Gasteiger partial charge on any atom is 0.282 e. The van der Waals surface area contributed by atoms with Crippen LogP contribution in [0.4, 0.5) is 5.69 Å². The van der Waals surface area contributed by atoms with Crippen LogP contribution in [0.2, 0.25) is 0 Å². The van der Waals surface area contributed by atoms with Crippen molar-refractivity contribution in [2.24, 2.45) is 0 Å². The topological polar surface area (TPSA) is 72.2 Å². The third kappa shape index (κ3) is 3.71. The zero-order valence-electron chi connectivity index (χ0n) is 9.35. The zero-order chi connectivity index (χ0) is 12.8. The molecule has 1 aromatic rings. The van der Waals surface area contributed by atoms with Crippen molar-refractivity contribution in [3.05, 3.63) is 39.9 Å². The van der Waals surface area contributed by atoms with Gasteiger partial charge in [-0.05, 0) is 19.4 Å². The Bertz CT molecular complexity index is 423. The largest absolute Gasteiger partial charge is 0.349 e. The molecule has 1 N–H and O–H groups in total. The molecule has 0 saturated carbocycles. The number of nitrogens with one attached hydrogen (secondary N) is 1. The highest BCUT2D eigenvalue weighted by atomic mass is 35.5. The molecule has 1 aromatic carbocycles. The number of alkyl halides is 1. The molecule has 0 aliphatic heterocycles. The van der Waals surface area contributed by atoms with E-state index in [4.69, 9.17) is 11.6 Å². The number of carbonyl (C=O) groups is 1. The number of para-hydroxylation sites is 1. The fraction of sp³-hybridized carbons (Fsp3) is 0.364. The van der Waals surface area contributed by atoms with Crippen molar-refractivity contribution < 1.29 is 9.72 Å². The van der Waals surface area contributed by atoms with Crippen molar-refractivity contribution in [1.29, 1.82) is 0 Å². The number of nitrogens with zero attached hydrogens (tertiary/aromatic N) is 1. The summed E-state index contributed by atoms with van der Waals surface area (Å²) in [6.07, 6.45) is 0.619. The molecule has 0 saturated heterocycles. The van der Waals surface area contributed by atoms with Crippen LogP contribution in [0, 0.1) is 10.1 Å². The molecule has 6 heteroatoms. The van der Waals surface area contributed by atoms with E-state index in [1.807, 2.05) is 0 Å². The Hall–Kier alpha value is -1.62. The number of amides is 1. The number of hydrogen-bond donors (Lipinski definition) is 1. The number of rotatable bonds is 5. The molecular weight excluding hydrogens is 244 g/mol. The molecule has 0 bridgehead atoms. The first kappa shape index (κ1) is 13.4. The van der Waals surface area contributed by atoms with Crippen molar-refractivity contribution in [1.82, 2.24) is 5.32 Å². The van der Waals surface area contributed by atoms with Gasteiger partial charge in [0.15, 0.2) is 0 Å². The summed E-state index contributed by atoms with van der Waals surface area (Å²) in [5.74, 6) is -0.0203. The van der Waals surface area contributed by atoms with Gasteiger partial charge in [0.2, 0.25) is 0 Å². The van der Waals surface area contributed by atoms with Gasteiger partial charge < -0.3 is 5.32 Å². The first-order valence-corrected chi connectivity index (χ1v) is 5.70. The molecule has 92 valence electrons. The molecular formula is C11H13ClN2O3. The van der Waals surface area contributed by atoms with Crippen LogP contribution in [-0.4, -0.2) is 22.8 Å². The predicted molar refractivity (Wildman–Crippen MR) is 65.4 cm³/mol. The molecule has 0 aromatic heterocycles. The average Bonchev–Trinajstić information content (AvgIpc) is 2.29. The molecule has 17 heavy (non-hydrogen) atoms. The Morgan fingerprint density at radius 1 is 1.53 bits per heavy atom. The fourth-order valence-corrected chi connectivity index (χ4v) is 1.69. The van der Waals surface area contributed by atoms with Crippen molar-refractivity contribution >= 4 is 23.2 Å². The molecule has 0 aliphatic rings. The summed E-state index contributed by atoms with van der Waals surface area (Å²) in [5, 5.41) is 13.4. The Balaban J connectivity index is 2.85. The Morgan fingerprint density at radius 2 is 2.18 bits per heavy atom. The third-order valence-electron chi connectivity index (χ3n) is 2.26. The highest BCUT2D eigenvalue weighted by Gasteiger charge is 2.19. The predicted octanol–water partition coefficient (Wildman–Crippen LogP) is 2.34. The van der Waals surface area contributed by atoms with E-state index in [2.05, 4.69) is 5.32 Å². The van der Waals surface area contributed by atoms with Gasteiger partial charge in [-0.25, -0.2) is 0 Å². The van der Waals surface area contributed by atoms with Crippen molar-refractivity contribution in [2.45, 2.75) is 19.4 Å². The van der Waals surface area contributed by atoms with Crippen LogP contribution < -0.4 is 5.32 Å². The van der Waals surface area contributed by atoms with Gasteiger partial charge in [0, 0.05) is 18.0 Å². The number of nitro benzene ring substituents is 1. The van der Waals surface area contributed by atoms with Crippen LogP contribution in [0.5, 0.6) is 0 Å². The summed E-state index contributed by atoms with van der Waals surface area (Å²) in [4.78, 5) is 22.0. The zero-order valence-corrected chi connectivity index (χ0v) is 10.1. The molecule has 0 fully saturated rings. The van der Waals surface area contributed by atoms with E-state index in [-0.39, 0.29) is 17.3 Å². The third-order valence-corrected chi connectivity index (χ3v) is 2.48. The summed E-state index contributed by atoms with van der Waals surface area (Å²) in [7, 11) is 0. The van der Waals surface area contributed by atoms with Crippen molar-refractivity contribution in [3.63, 3.8) is 0 Å². The summed E-state index contributed by atoms with van der Waals surface area (Å²) in [6.45, 7) is 1.80. The molecule has 0 spiro atoms. The van der Waals surface area contributed by atoms with Crippen LogP contribution in [-0.2, 0) is 0 Å². The van der Waals surface area contributed by atoms with Gasteiger partial charge in [-0.3, -0.25) is 14.9 Å². The smallest absolute Gasteiger partial charge is 0.282 e. The lowest BCUT2D eigenvalue weighted by Gasteiger charge is -2.12. The standard InChI is InChI=1S/C11H13ClN2O3/c1-8(6-7-12)13-11(15)9-4-2-3-5-10(9)14(16)17/h2-5,8H,6-7H2,1H3,(H,13,15).